The predicted octanol–water partition coefficient (Wildman–Crippen LogP) is 3.85. The van der Waals surface area contributed by atoms with E-state index < -0.39 is 0 Å². The first-order valence-corrected chi connectivity index (χ1v) is 8.74. The molecule has 0 spiro atoms. The van der Waals surface area contributed by atoms with Gasteiger partial charge in [0.1, 0.15) is 6.61 Å². The molecule has 2 aromatic carbocycles. The number of anilines is 1. The van der Waals surface area contributed by atoms with Crippen LogP contribution in [-0.4, -0.2) is 26.4 Å². The molecule has 0 unspecified atom stereocenters. The highest BCUT2D eigenvalue weighted by Crippen LogP contribution is 2.48. The second-order valence-electron chi connectivity index (χ2n) is 6.72. The smallest absolute Gasteiger partial charge is 0.231 e. The lowest BCUT2D eigenvalue weighted by Gasteiger charge is -2.28. The van der Waals surface area contributed by atoms with Crippen molar-refractivity contribution in [3.05, 3.63) is 53.6 Å². The number of amides is 1. The number of fused-ring (bicyclic) bond motifs is 2. The van der Waals surface area contributed by atoms with Gasteiger partial charge < -0.3 is 24.3 Å². The van der Waals surface area contributed by atoms with Gasteiger partial charge in [-0.1, -0.05) is 18.7 Å². The summed E-state index contributed by atoms with van der Waals surface area (Å²) in [6.45, 7) is 6.36. The number of rotatable bonds is 5. The van der Waals surface area contributed by atoms with E-state index in [-0.39, 0.29) is 18.6 Å². The molecule has 0 aliphatic carbocycles. The quantitative estimate of drug-likeness (QED) is 0.813. The molecule has 0 fully saturated rings. The average molecular weight is 367 g/mol. The Kier molecular flexibility index (Phi) is 4.39. The maximum atomic E-state index is 12.4. The zero-order chi connectivity index (χ0) is 19.0. The first-order valence-electron chi connectivity index (χ1n) is 8.74. The number of benzene rings is 2. The van der Waals surface area contributed by atoms with Crippen LogP contribution in [0.4, 0.5) is 5.69 Å². The van der Waals surface area contributed by atoms with Gasteiger partial charge >= 0.3 is 0 Å². The minimum atomic E-state index is -0.182. The predicted molar refractivity (Wildman–Crippen MR) is 101 cm³/mol. The minimum absolute atomic E-state index is 0.0555. The van der Waals surface area contributed by atoms with Crippen molar-refractivity contribution in [3.8, 4) is 23.0 Å². The molecule has 1 atom stereocenters. The Morgan fingerprint density at radius 1 is 1.26 bits per heavy atom. The van der Waals surface area contributed by atoms with E-state index in [1.54, 1.807) is 7.11 Å². The van der Waals surface area contributed by atoms with E-state index in [4.69, 9.17) is 18.9 Å². The van der Waals surface area contributed by atoms with E-state index in [1.165, 1.54) is 0 Å². The Hall–Kier alpha value is -3.15. The molecule has 27 heavy (non-hydrogen) atoms. The standard InChI is InChI=1S/C21H21NO5/c1-12(2)10-25-21-13(5-4-6-17(21)24-3)14-8-20(23)22-16-9-19-18(7-15(14)16)26-11-27-19/h4-7,9,14H,1,8,10-11H2,2-3H3,(H,22,23)/t14-/m1/s1. The maximum absolute atomic E-state index is 12.4. The summed E-state index contributed by atoms with van der Waals surface area (Å²) in [6.07, 6.45) is 0.309. The van der Waals surface area contributed by atoms with Crippen molar-refractivity contribution in [2.45, 2.75) is 19.3 Å². The molecule has 2 aromatic rings. The SMILES string of the molecule is C=C(C)COc1c(OC)cccc1[C@H]1CC(=O)Nc2cc3c(cc21)OCO3. The summed E-state index contributed by atoms with van der Waals surface area (Å²) >= 11 is 0. The van der Waals surface area contributed by atoms with Gasteiger partial charge in [0, 0.05) is 29.7 Å². The molecule has 140 valence electrons. The Bertz CT molecular complexity index is 921. The number of carbonyl (C=O) groups excluding carboxylic acids is 1. The number of hydrogen-bond donors (Lipinski definition) is 1. The second kappa shape index (κ2) is 6.87. The lowest BCUT2D eigenvalue weighted by atomic mass is 9.84. The number of hydrogen-bond acceptors (Lipinski definition) is 5. The largest absolute Gasteiger partial charge is 0.493 e. The molecule has 6 nitrogen and oxygen atoms in total. The van der Waals surface area contributed by atoms with Gasteiger partial charge in [-0.15, -0.1) is 0 Å². The van der Waals surface area contributed by atoms with Crippen LogP contribution in [-0.2, 0) is 4.79 Å². The summed E-state index contributed by atoms with van der Waals surface area (Å²) in [4.78, 5) is 12.4. The molecular formula is C21H21NO5. The third-order valence-electron chi connectivity index (χ3n) is 4.65. The summed E-state index contributed by atoms with van der Waals surface area (Å²) in [7, 11) is 1.60. The Labute approximate surface area is 157 Å². The van der Waals surface area contributed by atoms with E-state index in [0.29, 0.717) is 36.0 Å². The van der Waals surface area contributed by atoms with Crippen LogP contribution in [0, 0.1) is 0 Å². The number of ether oxygens (including phenoxy) is 4. The molecule has 1 amide bonds. The van der Waals surface area contributed by atoms with E-state index in [1.807, 2.05) is 37.3 Å². The molecular weight excluding hydrogens is 346 g/mol. The van der Waals surface area contributed by atoms with Gasteiger partial charge in [0.15, 0.2) is 23.0 Å². The first kappa shape index (κ1) is 17.3. The highest BCUT2D eigenvalue weighted by atomic mass is 16.7. The monoisotopic (exact) mass is 367 g/mol. The topological polar surface area (TPSA) is 66.0 Å². The van der Waals surface area contributed by atoms with Crippen molar-refractivity contribution in [2.24, 2.45) is 0 Å². The Balaban J connectivity index is 1.82. The van der Waals surface area contributed by atoms with Gasteiger partial charge in [0.25, 0.3) is 0 Å². The lowest BCUT2D eigenvalue weighted by Crippen LogP contribution is -2.24. The van der Waals surface area contributed by atoms with E-state index in [0.717, 1.165) is 22.4 Å². The normalized spacial score (nSPS) is 17.1. The van der Waals surface area contributed by atoms with Gasteiger partial charge in [-0.3, -0.25) is 4.79 Å². The summed E-state index contributed by atoms with van der Waals surface area (Å²) in [5, 5.41) is 2.93. The molecule has 6 heteroatoms. The molecule has 2 aliphatic rings. The molecule has 0 saturated heterocycles. The molecule has 0 aromatic heterocycles. The molecule has 2 aliphatic heterocycles. The second-order valence-corrected chi connectivity index (χ2v) is 6.72. The fraction of sp³-hybridized carbons (Fsp3) is 0.286. The van der Waals surface area contributed by atoms with Crippen LogP contribution in [0.15, 0.2) is 42.5 Å². The van der Waals surface area contributed by atoms with Crippen LogP contribution in [0.1, 0.15) is 30.4 Å². The van der Waals surface area contributed by atoms with Crippen molar-refractivity contribution in [2.75, 3.05) is 25.8 Å². The van der Waals surface area contributed by atoms with Crippen LogP contribution in [0.5, 0.6) is 23.0 Å². The zero-order valence-electron chi connectivity index (χ0n) is 15.3. The number of para-hydroxylation sites is 1. The fourth-order valence-electron chi connectivity index (χ4n) is 3.45. The molecule has 0 saturated carbocycles. The Morgan fingerprint density at radius 2 is 2.04 bits per heavy atom. The molecule has 4 rings (SSSR count). The van der Waals surface area contributed by atoms with Gasteiger partial charge in [0.05, 0.1) is 7.11 Å². The summed E-state index contributed by atoms with van der Waals surface area (Å²) in [6, 6.07) is 9.47. The zero-order valence-corrected chi connectivity index (χ0v) is 15.3. The van der Waals surface area contributed by atoms with Crippen molar-refractivity contribution < 1.29 is 23.7 Å². The molecule has 0 bridgehead atoms. The van der Waals surface area contributed by atoms with Crippen molar-refractivity contribution in [3.63, 3.8) is 0 Å². The van der Waals surface area contributed by atoms with Crippen molar-refractivity contribution in [1.29, 1.82) is 0 Å². The number of methoxy groups -OCH3 is 1. The van der Waals surface area contributed by atoms with Crippen LogP contribution in [0.2, 0.25) is 0 Å². The third kappa shape index (κ3) is 3.18. The number of nitrogens with one attached hydrogen (secondary N) is 1. The average Bonchev–Trinajstić information content (AvgIpc) is 3.10. The molecule has 2 heterocycles. The summed E-state index contributed by atoms with van der Waals surface area (Å²) in [5.74, 6) is 2.34. The van der Waals surface area contributed by atoms with Crippen molar-refractivity contribution >= 4 is 11.6 Å². The van der Waals surface area contributed by atoms with Gasteiger partial charge in [-0.2, -0.15) is 0 Å². The molecule has 1 N–H and O–H groups in total. The third-order valence-corrected chi connectivity index (χ3v) is 4.65. The van der Waals surface area contributed by atoms with Gasteiger partial charge in [-0.05, 0) is 30.2 Å². The summed E-state index contributed by atoms with van der Waals surface area (Å²) in [5.41, 5.74) is 3.49. The lowest BCUT2D eigenvalue weighted by molar-refractivity contribution is -0.116. The van der Waals surface area contributed by atoms with Crippen LogP contribution in [0.3, 0.4) is 0 Å². The minimum Gasteiger partial charge on any atom is -0.493 e. The van der Waals surface area contributed by atoms with Crippen LogP contribution < -0.4 is 24.3 Å². The number of carbonyl (C=O) groups is 1. The highest BCUT2D eigenvalue weighted by Gasteiger charge is 2.32. The highest BCUT2D eigenvalue weighted by molar-refractivity contribution is 5.96. The van der Waals surface area contributed by atoms with E-state index in [9.17, 15) is 4.79 Å². The fourth-order valence-corrected chi connectivity index (χ4v) is 3.45. The van der Waals surface area contributed by atoms with Gasteiger partial charge in [-0.25, -0.2) is 0 Å². The van der Waals surface area contributed by atoms with E-state index >= 15 is 0 Å². The molecule has 0 radical (unpaired) electrons. The summed E-state index contributed by atoms with van der Waals surface area (Å²) < 4.78 is 22.5. The van der Waals surface area contributed by atoms with Crippen molar-refractivity contribution in [1.82, 2.24) is 0 Å². The van der Waals surface area contributed by atoms with E-state index in [2.05, 4.69) is 11.9 Å². The van der Waals surface area contributed by atoms with Gasteiger partial charge in [0.2, 0.25) is 12.7 Å². The first-order chi connectivity index (χ1) is 13.1. The maximum Gasteiger partial charge on any atom is 0.231 e. The van der Waals surface area contributed by atoms with Crippen LogP contribution in [0.25, 0.3) is 0 Å². The Morgan fingerprint density at radius 3 is 2.78 bits per heavy atom. The van der Waals surface area contributed by atoms with Crippen LogP contribution >= 0.6 is 0 Å².